The first-order chi connectivity index (χ1) is 9.49. The van der Waals surface area contributed by atoms with Gasteiger partial charge in [0.15, 0.2) is 0 Å². The third kappa shape index (κ3) is 4.46. The van der Waals surface area contributed by atoms with E-state index in [0.717, 1.165) is 0 Å². The van der Waals surface area contributed by atoms with Crippen LogP contribution in [0.3, 0.4) is 0 Å². The zero-order chi connectivity index (χ0) is 15.1. The fourth-order valence-corrected chi connectivity index (χ4v) is 2.00. The summed E-state index contributed by atoms with van der Waals surface area (Å²) in [5, 5.41) is 14.4. The average molecular weight is 288 g/mol. The van der Waals surface area contributed by atoms with E-state index in [0.29, 0.717) is 6.61 Å². The summed E-state index contributed by atoms with van der Waals surface area (Å²) in [5.74, 6) is -2.51. The lowest BCUT2D eigenvalue weighted by molar-refractivity contribution is -0.144. The highest BCUT2D eigenvalue weighted by Gasteiger charge is 2.35. The number of methoxy groups -OCH3 is 1. The minimum absolute atomic E-state index is 0.00839. The van der Waals surface area contributed by atoms with Gasteiger partial charge in [-0.2, -0.15) is 0 Å². The molecule has 0 bridgehead atoms. The van der Waals surface area contributed by atoms with E-state index in [1.807, 2.05) is 0 Å². The number of nitrogens with one attached hydrogen (secondary N) is 2. The number of likely N-dealkylation sites (N-methyl/N-ethyl adjacent to an activating group) is 1. The van der Waals surface area contributed by atoms with Crippen molar-refractivity contribution < 1.29 is 29.0 Å². The summed E-state index contributed by atoms with van der Waals surface area (Å²) in [6.07, 6.45) is -0.0735. The maximum atomic E-state index is 12.0. The van der Waals surface area contributed by atoms with Gasteiger partial charge < -0.3 is 25.2 Å². The molecule has 0 aliphatic carbocycles. The van der Waals surface area contributed by atoms with Gasteiger partial charge in [-0.3, -0.25) is 9.59 Å². The summed E-state index contributed by atoms with van der Waals surface area (Å²) < 4.78 is 9.64. The van der Waals surface area contributed by atoms with Gasteiger partial charge in [-0.1, -0.05) is 0 Å². The summed E-state index contributed by atoms with van der Waals surface area (Å²) in [4.78, 5) is 34.1. The zero-order valence-corrected chi connectivity index (χ0v) is 11.5. The van der Waals surface area contributed by atoms with Crippen LogP contribution in [0.5, 0.6) is 0 Å². The first-order valence-corrected chi connectivity index (χ1v) is 6.34. The van der Waals surface area contributed by atoms with Crippen LogP contribution in [0.4, 0.5) is 0 Å². The van der Waals surface area contributed by atoms with E-state index in [9.17, 15) is 14.4 Å². The highest BCUT2D eigenvalue weighted by molar-refractivity contribution is 5.86. The topological polar surface area (TPSA) is 114 Å². The van der Waals surface area contributed by atoms with Crippen molar-refractivity contribution in [1.82, 2.24) is 10.6 Å². The van der Waals surface area contributed by atoms with Crippen LogP contribution in [0.1, 0.15) is 12.8 Å². The number of carboxylic acid groups (broad SMARTS) is 1. The smallest absolute Gasteiger partial charge is 0.326 e. The van der Waals surface area contributed by atoms with Crippen LogP contribution in [0.25, 0.3) is 0 Å². The van der Waals surface area contributed by atoms with Crippen molar-refractivity contribution in [3.63, 3.8) is 0 Å². The number of carbonyl (C=O) groups excluding carboxylic acids is 2. The fraction of sp³-hybridized carbons (Fsp3) is 0.750. The van der Waals surface area contributed by atoms with E-state index in [1.165, 1.54) is 7.11 Å². The molecule has 0 aromatic carbocycles. The van der Waals surface area contributed by atoms with Crippen molar-refractivity contribution in [1.29, 1.82) is 0 Å². The minimum atomic E-state index is -1.18. The van der Waals surface area contributed by atoms with E-state index in [1.54, 1.807) is 7.05 Å². The van der Waals surface area contributed by atoms with Crippen molar-refractivity contribution in [2.75, 3.05) is 27.4 Å². The molecule has 114 valence electrons. The van der Waals surface area contributed by atoms with Crippen LogP contribution >= 0.6 is 0 Å². The third-order valence-electron chi connectivity index (χ3n) is 3.27. The quantitative estimate of drug-likeness (QED) is 0.501. The molecule has 1 fully saturated rings. The van der Waals surface area contributed by atoms with Crippen LogP contribution in [-0.4, -0.2) is 62.4 Å². The molecule has 1 aliphatic heterocycles. The lowest BCUT2D eigenvalue weighted by Gasteiger charge is -2.20. The molecule has 1 saturated heterocycles. The molecule has 1 aliphatic rings. The molecular weight excluding hydrogens is 268 g/mol. The Morgan fingerprint density at radius 1 is 1.40 bits per heavy atom. The van der Waals surface area contributed by atoms with Gasteiger partial charge in [-0.05, 0) is 13.5 Å². The van der Waals surface area contributed by atoms with E-state index in [4.69, 9.17) is 9.84 Å². The SMILES string of the molecule is CNC1COCC1C(=O)N[C@H](CCC(=O)OC)C(=O)O. The molecule has 1 amide bonds. The Balaban J connectivity index is 2.54. The van der Waals surface area contributed by atoms with Crippen LogP contribution in [0, 0.1) is 5.92 Å². The zero-order valence-electron chi connectivity index (χ0n) is 11.5. The van der Waals surface area contributed by atoms with E-state index >= 15 is 0 Å². The number of carboxylic acids is 1. The van der Waals surface area contributed by atoms with Crippen molar-refractivity contribution in [3.05, 3.63) is 0 Å². The minimum Gasteiger partial charge on any atom is -0.480 e. The van der Waals surface area contributed by atoms with E-state index in [2.05, 4.69) is 15.4 Å². The molecule has 0 spiro atoms. The number of hydrogen-bond donors (Lipinski definition) is 3. The monoisotopic (exact) mass is 288 g/mol. The molecule has 20 heavy (non-hydrogen) atoms. The number of amides is 1. The molecule has 3 atom stereocenters. The summed E-state index contributed by atoms with van der Waals surface area (Å²) in [6, 6.07) is -1.25. The summed E-state index contributed by atoms with van der Waals surface area (Å²) in [5.41, 5.74) is 0. The standard InChI is InChI=1S/C12H20N2O6/c1-13-9-6-20-5-7(9)11(16)14-8(12(17)18)3-4-10(15)19-2/h7-9,13H,3-6H2,1-2H3,(H,14,16)(H,17,18)/t7?,8-,9?/m1/s1. The van der Waals surface area contributed by atoms with Crippen molar-refractivity contribution >= 4 is 17.8 Å². The first-order valence-electron chi connectivity index (χ1n) is 6.34. The molecule has 0 aromatic rings. The molecule has 1 heterocycles. The second-order valence-corrected chi connectivity index (χ2v) is 4.55. The second-order valence-electron chi connectivity index (χ2n) is 4.55. The molecule has 0 aromatic heterocycles. The van der Waals surface area contributed by atoms with Crippen molar-refractivity contribution in [2.45, 2.75) is 24.9 Å². The van der Waals surface area contributed by atoms with Crippen LogP contribution in [-0.2, 0) is 23.9 Å². The maximum absolute atomic E-state index is 12.0. The second kappa shape index (κ2) is 7.81. The number of rotatable bonds is 7. The predicted octanol–water partition coefficient (Wildman–Crippen LogP) is -1.26. The van der Waals surface area contributed by atoms with Gasteiger partial charge in [-0.15, -0.1) is 0 Å². The van der Waals surface area contributed by atoms with Crippen LogP contribution in [0.2, 0.25) is 0 Å². The third-order valence-corrected chi connectivity index (χ3v) is 3.27. The molecular formula is C12H20N2O6. The average Bonchev–Trinajstić information content (AvgIpc) is 2.90. The lowest BCUT2D eigenvalue weighted by atomic mass is 10.0. The van der Waals surface area contributed by atoms with Gasteiger partial charge in [0.1, 0.15) is 6.04 Å². The van der Waals surface area contributed by atoms with E-state index < -0.39 is 23.9 Å². The highest BCUT2D eigenvalue weighted by Crippen LogP contribution is 2.14. The van der Waals surface area contributed by atoms with Crippen LogP contribution < -0.4 is 10.6 Å². The number of carbonyl (C=O) groups is 3. The highest BCUT2D eigenvalue weighted by atomic mass is 16.5. The maximum Gasteiger partial charge on any atom is 0.326 e. The predicted molar refractivity (Wildman–Crippen MR) is 68.0 cm³/mol. The lowest BCUT2D eigenvalue weighted by Crippen LogP contribution is -2.48. The Hall–Kier alpha value is -1.67. The molecule has 1 rings (SSSR count). The largest absolute Gasteiger partial charge is 0.480 e. The van der Waals surface area contributed by atoms with Crippen molar-refractivity contribution in [2.24, 2.45) is 5.92 Å². The molecule has 2 unspecified atom stereocenters. The van der Waals surface area contributed by atoms with E-state index in [-0.39, 0.29) is 31.4 Å². The van der Waals surface area contributed by atoms with Crippen LogP contribution in [0.15, 0.2) is 0 Å². The normalized spacial score (nSPS) is 23.1. The molecule has 3 N–H and O–H groups in total. The number of ether oxygens (including phenoxy) is 2. The Morgan fingerprint density at radius 3 is 2.65 bits per heavy atom. The van der Waals surface area contributed by atoms with Gasteiger partial charge in [0.2, 0.25) is 5.91 Å². The van der Waals surface area contributed by atoms with Gasteiger partial charge >= 0.3 is 11.9 Å². The molecule has 0 saturated carbocycles. The van der Waals surface area contributed by atoms with Gasteiger partial charge in [0.25, 0.3) is 0 Å². The Kier molecular flexibility index (Phi) is 6.40. The van der Waals surface area contributed by atoms with Crippen molar-refractivity contribution in [3.8, 4) is 0 Å². The summed E-state index contributed by atoms with van der Waals surface area (Å²) >= 11 is 0. The Bertz CT molecular complexity index is 373. The number of esters is 1. The molecule has 8 heteroatoms. The number of aliphatic carboxylic acids is 1. The summed E-state index contributed by atoms with van der Waals surface area (Å²) in [6.45, 7) is 0.662. The number of hydrogen-bond acceptors (Lipinski definition) is 6. The Morgan fingerprint density at radius 2 is 2.10 bits per heavy atom. The fourth-order valence-electron chi connectivity index (χ4n) is 2.00. The molecule has 0 radical (unpaired) electrons. The van der Waals surface area contributed by atoms with Gasteiger partial charge in [0, 0.05) is 12.5 Å². The van der Waals surface area contributed by atoms with Gasteiger partial charge in [-0.25, -0.2) is 4.79 Å². The Labute approximate surface area is 116 Å². The first kappa shape index (κ1) is 16.4. The summed E-state index contributed by atoms with van der Waals surface area (Å²) in [7, 11) is 2.94. The molecule has 8 nitrogen and oxygen atoms in total. The van der Waals surface area contributed by atoms with Gasteiger partial charge in [0.05, 0.1) is 26.2 Å².